The van der Waals surface area contributed by atoms with Gasteiger partial charge in [0, 0.05) is 12.2 Å². The van der Waals surface area contributed by atoms with Crippen molar-refractivity contribution in [1.29, 1.82) is 0 Å². The quantitative estimate of drug-likeness (QED) is 0.545. The van der Waals surface area contributed by atoms with Gasteiger partial charge < -0.3 is 20.4 Å². The number of nitrogens with two attached hydrogens (primary N) is 1. The molecule has 4 rings (SSSR count). The van der Waals surface area contributed by atoms with Crippen molar-refractivity contribution in [1.82, 2.24) is 29.5 Å². The number of nitrogens with one attached hydrogen (secondary N) is 1. The van der Waals surface area contributed by atoms with Crippen molar-refractivity contribution in [2.75, 3.05) is 18.2 Å². The van der Waals surface area contributed by atoms with E-state index >= 15 is 0 Å². The summed E-state index contributed by atoms with van der Waals surface area (Å²) < 4.78 is 7.38. The predicted octanol–water partition coefficient (Wildman–Crippen LogP) is 3.20. The first-order chi connectivity index (χ1) is 13.6. The Bertz CT molecular complexity index is 1140. The molecule has 0 spiro atoms. The van der Waals surface area contributed by atoms with Crippen LogP contribution in [0.2, 0.25) is 0 Å². The summed E-state index contributed by atoms with van der Waals surface area (Å²) in [5.74, 6) is 2.03. The molecule has 0 aliphatic rings. The molecule has 9 heteroatoms. The number of anilines is 3. The van der Waals surface area contributed by atoms with Crippen molar-refractivity contribution >= 4 is 28.7 Å². The number of aromatic nitrogens is 6. The third-order valence-electron chi connectivity index (χ3n) is 4.21. The van der Waals surface area contributed by atoms with Crippen LogP contribution in [0.3, 0.4) is 0 Å². The van der Waals surface area contributed by atoms with Crippen LogP contribution in [0.1, 0.15) is 19.9 Å². The first-order valence-electron chi connectivity index (χ1n) is 8.80. The summed E-state index contributed by atoms with van der Waals surface area (Å²) in [4.78, 5) is 22.0. The molecule has 0 saturated heterocycles. The topological polar surface area (TPSA) is 117 Å². The van der Waals surface area contributed by atoms with Gasteiger partial charge in [-0.15, -0.1) is 0 Å². The maximum absolute atomic E-state index is 5.74. The Labute approximate surface area is 161 Å². The van der Waals surface area contributed by atoms with Crippen LogP contribution in [0.5, 0.6) is 5.75 Å². The average Bonchev–Trinajstić information content (AvgIpc) is 3.07. The van der Waals surface area contributed by atoms with E-state index in [0.29, 0.717) is 34.4 Å². The molecule has 0 saturated carbocycles. The fourth-order valence-electron chi connectivity index (χ4n) is 2.99. The maximum atomic E-state index is 5.74. The molecule has 0 aliphatic heterocycles. The van der Waals surface area contributed by atoms with Gasteiger partial charge in [0.15, 0.2) is 11.5 Å². The minimum atomic E-state index is 0.102. The molecule has 3 aromatic heterocycles. The second kappa shape index (κ2) is 7.10. The molecule has 0 radical (unpaired) electrons. The fraction of sp³-hybridized carbons (Fsp3) is 0.211. The lowest BCUT2D eigenvalue weighted by molar-refractivity contribution is 0.417. The van der Waals surface area contributed by atoms with Crippen LogP contribution in [-0.2, 0) is 0 Å². The van der Waals surface area contributed by atoms with Crippen LogP contribution in [0, 0.1) is 0 Å². The summed E-state index contributed by atoms with van der Waals surface area (Å²) in [5, 5.41) is 3.21. The number of nitrogen functional groups attached to an aromatic ring is 1. The Morgan fingerprint density at radius 3 is 2.64 bits per heavy atom. The van der Waals surface area contributed by atoms with Crippen LogP contribution in [0.15, 0.2) is 42.7 Å². The van der Waals surface area contributed by atoms with Gasteiger partial charge in [0.1, 0.15) is 17.0 Å². The highest BCUT2D eigenvalue weighted by Crippen LogP contribution is 2.29. The van der Waals surface area contributed by atoms with Crippen molar-refractivity contribution < 1.29 is 4.74 Å². The molecule has 0 bridgehead atoms. The molecule has 1 aromatic carbocycles. The van der Waals surface area contributed by atoms with Crippen molar-refractivity contribution in [3.63, 3.8) is 0 Å². The zero-order valence-electron chi connectivity index (χ0n) is 15.8. The number of fused-ring (bicyclic) bond motifs is 1. The molecule has 0 fully saturated rings. The smallest absolute Gasteiger partial charge is 0.229 e. The number of rotatable bonds is 5. The van der Waals surface area contributed by atoms with E-state index in [1.165, 1.54) is 0 Å². The van der Waals surface area contributed by atoms with E-state index in [0.717, 1.165) is 5.69 Å². The van der Waals surface area contributed by atoms with E-state index in [9.17, 15) is 0 Å². The van der Waals surface area contributed by atoms with Crippen molar-refractivity contribution in [2.45, 2.75) is 19.9 Å². The molecule has 28 heavy (non-hydrogen) atoms. The van der Waals surface area contributed by atoms with E-state index in [1.54, 1.807) is 25.6 Å². The van der Waals surface area contributed by atoms with Crippen molar-refractivity contribution in [2.24, 2.45) is 0 Å². The Hall–Kier alpha value is -3.75. The minimum Gasteiger partial charge on any atom is -0.495 e. The van der Waals surface area contributed by atoms with Gasteiger partial charge in [-0.25, -0.2) is 19.9 Å². The number of benzene rings is 1. The van der Waals surface area contributed by atoms with Gasteiger partial charge in [-0.3, -0.25) is 0 Å². The minimum absolute atomic E-state index is 0.102. The third kappa shape index (κ3) is 3.18. The number of imidazole rings is 1. The SMILES string of the molecule is COc1ccccc1Nc1ncc2nc(-c3ccnc(N)n3)n(C(C)C)c2n1. The van der Waals surface area contributed by atoms with Gasteiger partial charge in [0.25, 0.3) is 0 Å². The standard InChI is InChI=1S/C19H20N8O/c1-11(2)27-16(13-8-9-21-18(20)24-13)23-14-10-22-19(26-17(14)27)25-12-6-4-5-7-15(12)28-3/h4-11H,1-3H3,(H2,20,21,24)(H,22,25,26). The normalized spacial score (nSPS) is 11.1. The average molecular weight is 376 g/mol. The van der Waals surface area contributed by atoms with Gasteiger partial charge in [-0.1, -0.05) is 12.1 Å². The molecular formula is C19H20N8O. The largest absolute Gasteiger partial charge is 0.495 e. The van der Waals surface area contributed by atoms with Crippen LogP contribution in [0.25, 0.3) is 22.7 Å². The molecule has 0 atom stereocenters. The molecule has 3 N–H and O–H groups in total. The molecule has 3 heterocycles. The number of nitrogens with zero attached hydrogens (tertiary/aromatic N) is 6. The van der Waals surface area contributed by atoms with Crippen LogP contribution >= 0.6 is 0 Å². The number of hydrogen-bond donors (Lipinski definition) is 2. The first kappa shape index (κ1) is 17.7. The summed E-state index contributed by atoms with van der Waals surface area (Å²) in [5.41, 5.74) is 8.54. The molecule has 0 amide bonds. The van der Waals surface area contributed by atoms with Crippen LogP contribution < -0.4 is 15.8 Å². The lowest BCUT2D eigenvalue weighted by Gasteiger charge is -2.13. The summed E-state index contributed by atoms with van der Waals surface area (Å²) in [6.07, 6.45) is 3.30. The zero-order valence-corrected chi connectivity index (χ0v) is 15.8. The Morgan fingerprint density at radius 2 is 1.89 bits per heavy atom. The second-order valence-electron chi connectivity index (χ2n) is 6.43. The molecule has 0 aliphatic carbocycles. The highest BCUT2D eigenvalue weighted by molar-refractivity contribution is 5.77. The molecule has 142 valence electrons. The summed E-state index contributed by atoms with van der Waals surface area (Å²) in [6, 6.07) is 9.47. The Morgan fingerprint density at radius 1 is 1.07 bits per heavy atom. The zero-order chi connectivity index (χ0) is 19.7. The number of methoxy groups -OCH3 is 1. The van der Waals surface area contributed by atoms with Gasteiger partial charge in [0.05, 0.1) is 19.0 Å². The lowest BCUT2D eigenvalue weighted by Crippen LogP contribution is -2.07. The molecule has 0 unspecified atom stereocenters. The van der Waals surface area contributed by atoms with Gasteiger partial charge in [0.2, 0.25) is 11.9 Å². The number of ether oxygens (including phenoxy) is 1. The van der Waals surface area contributed by atoms with E-state index in [1.807, 2.05) is 28.8 Å². The molecule has 4 aromatic rings. The number of para-hydroxylation sites is 2. The maximum Gasteiger partial charge on any atom is 0.229 e. The fourth-order valence-corrected chi connectivity index (χ4v) is 2.99. The van der Waals surface area contributed by atoms with E-state index in [4.69, 9.17) is 10.5 Å². The van der Waals surface area contributed by atoms with Crippen LogP contribution in [-0.4, -0.2) is 36.6 Å². The van der Waals surface area contributed by atoms with E-state index in [2.05, 4.69) is 44.1 Å². The Kier molecular flexibility index (Phi) is 4.48. The van der Waals surface area contributed by atoms with Crippen LogP contribution in [0.4, 0.5) is 17.6 Å². The van der Waals surface area contributed by atoms with Gasteiger partial charge in [-0.2, -0.15) is 4.98 Å². The summed E-state index contributed by atoms with van der Waals surface area (Å²) in [6.45, 7) is 4.12. The summed E-state index contributed by atoms with van der Waals surface area (Å²) in [7, 11) is 1.62. The lowest BCUT2D eigenvalue weighted by atomic mass is 10.3. The van der Waals surface area contributed by atoms with Gasteiger partial charge >= 0.3 is 0 Å². The number of hydrogen-bond acceptors (Lipinski definition) is 8. The predicted molar refractivity (Wildman–Crippen MR) is 107 cm³/mol. The third-order valence-corrected chi connectivity index (χ3v) is 4.21. The molecule has 9 nitrogen and oxygen atoms in total. The van der Waals surface area contributed by atoms with E-state index < -0.39 is 0 Å². The van der Waals surface area contributed by atoms with Crippen molar-refractivity contribution in [3.05, 3.63) is 42.7 Å². The highest BCUT2D eigenvalue weighted by Gasteiger charge is 2.18. The first-order valence-corrected chi connectivity index (χ1v) is 8.80. The Balaban J connectivity index is 1.82. The summed E-state index contributed by atoms with van der Waals surface area (Å²) >= 11 is 0. The van der Waals surface area contributed by atoms with E-state index in [-0.39, 0.29) is 12.0 Å². The van der Waals surface area contributed by atoms with Crippen molar-refractivity contribution in [3.8, 4) is 17.3 Å². The monoisotopic (exact) mass is 376 g/mol. The van der Waals surface area contributed by atoms with Gasteiger partial charge in [-0.05, 0) is 32.0 Å². The second-order valence-corrected chi connectivity index (χ2v) is 6.43. The highest BCUT2D eigenvalue weighted by atomic mass is 16.5. The molecular weight excluding hydrogens is 356 g/mol.